The van der Waals surface area contributed by atoms with Gasteiger partial charge in [0.05, 0.1) is 5.02 Å². The lowest BCUT2D eigenvalue weighted by atomic mass is 9.85. The minimum atomic E-state index is -2.73. The van der Waals surface area contributed by atoms with E-state index in [1.807, 2.05) is 0 Å². The third kappa shape index (κ3) is 4.67. The molecule has 0 saturated heterocycles. The molecule has 4 rings (SSSR count). The number of nitrogens with zero attached hydrogens (tertiary/aromatic N) is 1. The fourth-order valence-corrected chi connectivity index (χ4v) is 4.69. The molecule has 1 aromatic carbocycles. The highest BCUT2D eigenvalue weighted by atomic mass is 35.5. The number of aryl methyl sites for hydroxylation is 2. The fourth-order valence-electron chi connectivity index (χ4n) is 4.55. The molecule has 1 aromatic heterocycles. The van der Waals surface area contributed by atoms with Crippen LogP contribution in [0.2, 0.25) is 5.02 Å². The van der Waals surface area contributed by atoms with Gasteiger partial charge < -0.3 is 5.32 Å². The lowest BCUT2D eigenvalue weighted by Crippen LogP contribution is -2.30. The zero-order valence-electron chi connectivity index (χ0n) is 18.1. The Labute approximate surface area is 193 Å². The highest BCUT2D eigenvalue weighted by molar-refractivity contribution is 6.30. The number of benzene rings is 1. The predicted octanol–water partition coefficient (Wildman–Crippen LogP) is 4.56. The molecule has 5 nitrogen and oxygen atoms in total. The zero-order valence-corrected chi connectivity index (χ0v) is 18.8. The highest BCUT2D eigenvalue weighted by Crippen LogP contribution is 2.48. The third-order valence-electron chi connectivity index (χ3n) is 6.35. The van der Waals surface area contributed by atoms with E-state index in [1.165, 1.54) is 6.20 Å². The first-order chi connectivity index (χ1) is 15.5. The molecular formula is C24H22ClF3N2O3. The fraction of sp³-hybridized carbons (Fsp3) is 0.417. The van der Waals surface area contributed by atoms with E-state index in [-0.39, 0.29) is 48.1 Å². The van der Waals surface area contributed by atoms with Crippen molar-refractivity contribution in [3.8, 4) is 11.3 Å². The summed E-state index contributed by atoms with van der Waals surface area (Å²) < 4.78 is 40.3. The van der Waals surface area contributed by atoms with Crippen LogP contribution < -0.4 is 5.32 Å². The molecule has 3 atom stereocenters. The molecule has 9 heteroatoms. The number of aromatic nitrogens is 1. The quantitative estimate of drug-likeness (QED) is 0.617. The van der Waals surface area contributed by atoms with Crippen LogP contribution in [0.25, 0.3) is 11.3 Å². The first-order valence-electron chi connectivity index (χ1n) is 10.6. The summed E-state index contributed by atoms with van der Waals surface area (Å²) in [4.78, 5) is 42.0. The molecule has 2 saturated carbocycles. The molecule has 0 radical (unpaired) electrons. The average Bonchev–Trinajstić information content (AvgIpc) is 3.24. The molecular weight excluding hydrogens is 457 g/mol. The van der Waals surface area contributed by atoms with E-state index in [1.54, 1.807) is 26.0 Å². The normalized spacial score (nSPS) is 23.6. The van der Waals surface area contributed by atoms with Gasteiger partial charge in [0.2, 0.25) is 5.91 Å². The smallest absolute Gasteiger partial charge is 0.253 e. The SMILES string of the molecule is Cc1cc(-c2ncc(Cl)cc2F)cc(C)c1[C@H]1C(=O)CC(CC(=O)NCC2CC2(F)F)C1=O. The number of halogens is 4. The molecule has 2 aromatic rings. The first-order valence-corrected chi connectivity index (χ1v) is 11.0. The molecule has 2 aliphatic rings. The summed E-state index contributed by atoms with van der Waals surface area (Å²) in [7, 11) is 0. The van der Waals surface area contributed by atoms with E-state index in [4.69, 9.17) is 11.6 Å². The van der Waals surface area contributed by atoms with Gasteiger partial charge in [-0.1, -0.05) is 11.6 Å². The Morgan fingerprint density at radius 3 is 2.42 bits per heavy atom. The van der Waals surface area contributed by atoms with Crippen molar-refractivity contribution in [1.82, 2.24) is 10.3 Å². The Bertz CT molecular complexity index is 1140. The monoisotopic (exact) mass is 478 g/mol. The van der Waals surface area contributed by atoms with E-state index in [2.05, 4.69) is 10.3 Å². The molecule has 2 aliphatic carbocycles. The number of Topliss-reactive ketones (excluding diaryl/α,β-unsaturated/α-hetero) is 2. The van der Waals surface area contributed by atoms with E-state index in [0.717, 1.165) is 6.07 Å². The standard InChI is InChI=1S/C24H22ClF3N2O3/c1-11-3-13(22-17(26)7-16(25)10-30-22)4-12(2)20(11)21-18(31)5-14(23(21)33)6-19(32)29-9-15-8-24(15,27)28/h3-4,7,10,14-15,21H,5-6,8-9H2,1-2H3,(H,29,32)/t14?,15?,21-/m1/s1. The lowest BCUT2D eigenvalue weighted by Gasteiger charge is -2.17. The van der Waals surface area contributed by atoms with Crippen molar-refractivity contribution < 1.29 is 27.6 Å². The second-order valence-electron chi connectivity index (χ2n) is 8.88. The number of hydrogen-bond acceptors (Lipinski definition) is 4. The number of ketones is 2. The van der Waals surface area contributed by atoms with Crippen LogP contribution >= 0.6 is 11.6 Å². The van der Waals surface area contributed by atoms with Gasteiger partial charge in [0.1, 0.15) is 17.4 Å². The second-order valence-corrected chi connectivity index (χ2v) is 9.32. The van der Waals surface area contributed by atoms with Crippen LogP contribution in [0, 0.1) is 31.5 Å². The topological polar surface area (TPSA) is 76.1 Å². The van der Waals surface area contributed by atoms with Gasteiger partial charge in [0.15, 0.2) is 11.6 Å². The van der Waals surface area contributed by atoms with Crippen LogP contribution in [-0.4, -0.2) is 34.9 Å². The third-order valence-corrected chi connectivity index (χ3v) is 6.56. The van der Waals surface area contributed by atoms with Crippen LogP contribution in [0.4, 0.5) is 13.2 Å². The molecule has 33 heavy (non-hydrogen) atoms. The number of carbonyl (C=O) groups is 3. The van der Waals surface area contributed by atoms with Crippen molar-refractivity contribution in [3.63, 3.8) is 0 Å². The Morgan fingerprint density at radius 2 is 1.85 bits per heavy atom. The molecule has 0 bridgehead atoms. The summed E-state index contributed by atoms with van der Waals surface area (Å²) in [6, 6.07) is 4.49. The zero-order chi connectivity index (χ0) is 24.1. The number of alkyl halides is 2. The van der Waals surface area contributed by atoms with Crippen molar-refractivity contribution in [2.75, 3.05) is 6.54 Å². The summed E-state index contributed by atoms with van der Waals surface area (Å²) in [6.45, 7) is 3.32. The summed E-state index contributed by atoms with van der Waals surface area (Å²) >= 11 is 5.77. The van der Waals surface area contributed by atoms with Gasteiger partial charge in [-0.05, 0) is 48.7 Å². The number of carbonyl (C=O) groups excluding carboxylic acids is 3. The van der Waals surface area contributed by atoms with Crippen LogP contribution in [0.1, 0.15) is 41.9 Å². The van der Waals surface area contributed by atoms with E-state index in [9.17, 15) is 27.6 Å². The van der Waals surface area contributed by atoms with Gasteiger partial charge in [-0.3, -0.25) is 19.4 Å². The van der Waals surface area contributed by atoms with E-state index in [0.29, 0.717) is 22.3 Å². The molecule has 1 amide bonds. The van der Waals surface area contributed by atoms with Gasteiger partial charge in [-0.25, -0.2) is 13.2 Å². The Kier molecular flexibility index (Phi) is 6.07. The van der Waals surface area contributed by atoms with Crippen molar-refractivity contribution in [1.29, 1.82) is 0 Å². The molecule has 1 N–H and O–H groups in total. The van der Waals surface area contributed by atoms with Crippen molar-refractivity contribution >= 4 is 29.1 Å². The van der Waals surface area contributed by atoms with Crippen LogP contribution in [-0.2, 0) is 14.4 Å². The maximum absolute atomic E-state index is 14.3. The van der Waals surface area contributed by atoms with Crippen LogP contribution in [0.3, 0.4) is 0 Å². The Morgan fingerprint density at radius 1 is 1.21 bits per heavy atom. The number of rotatable bonds is 6. The van der Waals surface area contributed by atoms with Crippen molar-refractivity contribution in [2.45, 2.75) is 45.0 Å². The second kappa shape index (κ2) is 8.56. The van der Waals surface area contributed by atoms with E-state index >= 15 is 0 Å². The van der Waals surface area contributed by atoms with Crippen molar-refractivity contribution in [3.05, 3.63) is 51.9 Å². The molecule has 0 spiro atoms. The van der Waals surface area contributed by atoms with Gasteiger partial charge >= 0.3 is 0 Å². The molecule has 0 aliphatic heterocycles. The van der Waals surface area contributed by atoms with Crippen LogP contribution in [0.5, 0.6) is 0 Å². The summed E-state index contributed by atoms with van der Waals surface area (Å²) in [6.07, 6.45) is 0.794. The molecule has 174 valence electrons. The van der Waals surface area contributed by atoms with Crippen LogP contribution in [0.15, 0.2) is 24.4 Å². The molecule has 2 unspecified atom stereocenters. The molecule has 1 heterocycles. The lowest BCUT2D eigenvalue weighted by molar-refractivity contribution is -0.128. The minimum absolute atomic E-state index is 0.0789. The van der Waals surface area contributed by atoms with Crippen molar-refractivity contribution in [2.24, 2.45) is 11.8 Å². The first kappa shape index (κ1) is 23.4. The van der Waals surface area contributed by atoms with E-state index < -0.39 is 35.4 Å². The predicted molar refractivity (Wildman–Crippen MR) is 116 cm³/mol. The van der Waals surface area contributed by atoms with Gasteiger partial charge in [0.25, 0.3) is 5.92 Å². The number of amides is 1. The minimum Gasteiger partial charge on any atom is -0.356 e. The maximum atomic E-state index is 14.3. The number of pyridine rings is 1. The highest BCUT2D eigenvalue weighted by Gasteiger charge is 2.56. The molecule has 2 fully saturated rings. The van der Waals surface area contributed by atoms with Gasteiger partial charge in [-0.15, -0.1) is 0 Å². The Balaban J connectivity index is 1.51. The van der Waals surface area contributed by atoms with Gasteiger partial charge in [0, 0.05) is 49.4 Å². The maximum Gasteiger partial charge on any atom is 0.253 e. The average molecular weight is 479 g/mol. The summed E-state index contributed by atoms with van der Waals surface area (Å²) in [5, 5.41) is 2.61. The summed E-state index contributed by atoms with van der Waals surface area (Å²) in [5.74, 6) is -7.15. The number of nitrogens with one attached hydrogen (secondary N) is 1. The Hall–Kier alpha value is -2.74. The summed E-state index contributed by atoms with van der Waals surface area (Å²) in [5.41, 5.74) is 2.41. The number of hydrogen-bond donors (Lipinski definition) is 1. The largest absolute Gasteiger partial charge is 0.356 e. The van der Waals surface area contributed by atoms with Gasteiger partial charge in [-0.2, -0.15) is 0 Å².